The van der Waals surface area contributed by atoms with Gasteiger partial charge in [0.1, 0.15) is 30.7 Å². The Morgan fingerprint density at radius 2 is 1.88 bits per heavy atom. The van der Waals surface area contributed by atoms with Gasteiger partial charge in [0.15, 0.2) is 6.29 Å². The molecule has 0 bridgehead atoms. The van der Waals surface area contributed by atoms with Crippen LogP contribution >= 0.6 is 0 Å². The summed E-state index contributed by atoms with van der Waals surface area (Å²) in [5.74, 6) is 0.263. The van der Waals surface area contributed by atoms with Crippen LogP contribution in [-0.4, -0.2) is 82.3 Å². The van der Waals surface area contributed by atoms with Crippen LogP contribution in [0.25, 0.3) is 0 Å². The van der Waals surface area contributed by atoms with E-state index in [4.69, 9.17) is 9.47 Å². The van der Waals surface area contributed by atoms with Gasteiger partial charge in [0, 0.05) is 0 Å². The van der Waals surface area contributed by atoms with Crippen molar-refractivity contribution in [1.29, 1.82) is 0 Å². The third kappa shape index (κ3) is 5.33. The predicted molar refractivity (Wildman–Crippen MR) is 126 cm³/mol. The van der Waals surface area contributed by atoms with Crippen molar-refractivity contribution in [2.75, 3.05) is 19.8 Å². The third-order valence-corrected chi connectivity index (χ3v) is 8.61. The molecule has 1 saturated carbocycles. The lowest BCUT2D eigenvalue weighted by Gasteiger charge is -2.56. The topological polar surface area (TPSA) is 137 Å². The van der Waals surface area contributed by atoms with Crippen molar-refractivity contribution in [2.45, 2.75) is 96.4 Å². The van der Waals surface area contributed by atoms with E-state index in [0.717, 1.165) is 62.4 Å². The van der Waals surface area contributed by atoms with Crippen LogP contribution in [0.3, 0.4) is 0 Å². The summed E-state index contributed by atoms with van der Waals surface area (Å²) in [5, 5.41) is 49.2. The van der Waals surface area contributed by atoms with Gasteiger partial charge in [-0.25, -0.2) is 0 Å². The van der Waals surface area contributed by atoms with E-state index < -0.39 is 37.3 Å². The summed E-state index contributed by atoms with van der Waals surface area (Å²) in [6.45, 7) is 6.25. The molecule has 0 aromatic heterocycles. The summed E-state index contributed by atoms with van der Waals surface area (Å²) in [6, 6.07) is 0. The Bertz CT molecular complexity index is 777. The number of fused-ring (bicyclic) bond motifs is 1. The van der Waals surface area contributed by atoms with E-state index in [1.54, 1.807) is 0 Å². The van der Waals surface area contributed by atoms with Gasteiger partial charge in [-0.1, -0.05) is 37.5 Å². The van der Waals surface area contributed by atoms with E-state index in [0.29, 0.717) is 6.61 Å². The van der Waals surface area contributed by atoms with E-state index >= 15 is 0 Å². The predicted octanol–water partition coefficient (Wildman–Crippen LogP) is 1.62. The van der Waals surface area contributed by atoms with Gasteiger partial charge in [0.2, 0.25) is 0 Å². The number of hydrogen-bond donors (Lipinski definition) is 5. The second-order valence-electron chi connectivity index (χ2n) is 10.9. The average molecular weight is 483 g/mol. The van der Waals surface area contributed by atoms with Crippen LogP contribution in [0.15, 0.2) is 22.8 Å². The number of carbonyl (C=O) groups is 1. The fraction of sp³-hybridized carbons (Fsp3) is 0.808. The molecule has 8 atom stereocenters. The molecule has 0 amide bonds. The highest BCUT2D eigenvalue weighted by Gasteiger charge is 2.53. The minimum Gasteiger partial charge on any atom is -0.394 e. The first kappa shape index (κ1) is 27.5. The number of carbonyl (C=O) groups excluding carboxylic acids is 1. The van der Waals surface area contributed by atoms with Gasteiger partial charge >= 0.3 is 0 Å². The van der Waals surface area contributed by atoms with Crippen molar-refractivity contribution in [1.82, 2.24) is 0 Å². The molecule has 1 saturated heterocycles. The quantitative estimate of drug-likeness (QED) is 0.247. The number of aliphatic hydroxyl groups excluding tert-OH is 5. The summed E-state index contributed by atoms with van der Waals surface area (Å²) in [6.07, 6.45) is 2.45. The number of allylic oxidation sites excluding steroid dienone is 3. The van der Waals surface area contributed by atoms with Crippen LogP contribution in [-0.2, 0) is 14.3 Å². The fourth-order valence-corrected chi connectivity index (χ4v) is 6.63. The first-order valence-corrected chi connectivity index (χ1v) is 12.5. The fourth-order valence-electron chi connectivity index (χ4n) is 6.63. The van der Waals surface area contributed by atoms with E-state index in [9.17, 15) is 30.3 Å². The molecular weight excluding hydrogens is 440 g/mol. The number of ether oxygens (including phenoxy) is 2. The third-order valence-electron chi connectivity index (χ3n) is 8.61. The molecule has 3 aliphatic rings. The Hall–Kier alpha value is -1.13. The Labute approximate surface area is 202 Å². The van der Waals surface area contributed by atoms with Gasteiger partial charge in [-0.15, -0.1) is 0 Å². The molecule has 3 rings (SSSR count). The zero-order valence-corrected chi connectivity index (χ0v) is 20.7. The largest absolute Gasteiger partial charge is 0.394 e. The number of hydrogen-bond acceptors (Lipinski definition) is 8. The molecule has 1 heterocycles. The van der Waals surface area contributed by atoms with Gasteiger partial charge in [-0.2, -0.15) is 0 Å². The molecule has 0 radical (unpaired) electrons. The molecule has 0 aromatic rings. The molecule has 0 aromatic carbocycles. The summed E-state index contributed by atoms with van der Waals surface area (Å²) in [7, 11) is 0. The number of aldehydes is 1. The van der Waals surface area contributed by atoms with Crippen molar-refractivity contribution >= 4 is 6.29 Å². The second kappa shape index (κ2) is 11.3. The van der Waals surface area contributed by atoms with Gasteiger partial charge in [0.25, 0.3) is 0 Å². The summed E-state index contributed by atoms with van der Waals surface area (Å²) in [5.41, 5.74) is 2.83. The van der Waals surface area contributed by atoms with E-state index in [1.165, 1.54) is 5.57 Å². The molecule has 8 heteroatoms. The van der Waals surface area contributed by atoms with Crippen LogP contribution in [0, 0.1) is 16.7 Å². The maximum absolute atomic E-state index is 12.0. The number of aliphatic hydroxyl groups is 5. The highest BCUT2D eigenvalue weighted by Crippen LogP contribution is 2.60. The SMILES string of the molecule is CC(=CCO)CCC1=C(C=O)CCC2C(C)(COC3OC(CO)C(O)C(O)C3O)CCCC12C. The summed E-state index contributed by atoms with van der Waals surface area (Å²) < 4.78 is 11.6. The Morgan fingerprint density at radius 3 is 2.53 bits per heavy atom. The summed E-state index contributed by atoms with van der Waals surface area (Å²) in [4.78, 5) is 12.0. The first-order valence-electron chi connectivity index (χ1n) is 12.5. The standard InChI is InChI=1S/C26H42O8/c1-16(9-12-27)5-7-18-17(13-28)6-8-20-25(2,10-4-11-26(18,20)3)15-33-24-23(32)22(31)21(30)19(14-29)34-24/h9,13,19-24,27,29-32H,4-8,10-12,14-15H2,1-3H3. The average Bonchev–Trinajstić information content (AvgIpc) is 2.81. The minimum atomic E-state index is -1.46. The number of rotatable bonds is 9. The van der Waals surface area contributed by atoms with Crippen molar-refractivity contribution in [2.24, 2.45) is 16.7 Å². The van der Waals surface area contributed by atoms with Crippen LogP contribution in [0.5, 0.6) is 0 Å². The molecule has 8 nitrogen and oxygen atoms in total. The molecule has 0 spiro atoms. The van der Waals surface area contributed by atoms with Crippen molar-refractivity contribution in [3.8, 4) is 0 Å². The van der Waals surface area contributed by atoms with Gasteiger partial charge in [-0.3, -0.25) is 4.79 Å². The van der Waals surface area contributed by atoms with Gasteiger partial charge < -0.3 is 35.0 Å². The summed E-state index contributed by atoms with van der Waals surface area (Å²) >= 11 is 0. The van der Waals surface area contributed by atoms with Crippen LogP contribution in [0.1, 0.15) is 65.7 Å². The molecule has 194 valence electrons. The lowest BCUT2D eigenvalue weighted by atomic mass is 9.49. The highest BCUT2D eigenvalue weighted by molar-refractivity contribution is 5.75. The van der Waals surface area contributed by atoms with Gasteiger partial charge in [0.05, 0.1) is 19.8 Å². The lowest BCUT2D eigenvalue weighted by Crippen LogP contribution is -2.60. The zero-order chi connectivity index (χ0) is 25.1. The monoisotopic (exact) mass is 482 g/mol. The normalized spacial score (nSPS) is 41.4. The van der Waals surface area contributed by atoms with E-state index in [2.05, 4.69) is 13.8 Å². The van der Waals surface area contributed by atoms with Crippen LogP contribution < -0.4 is 0 Å². The highest BCUT2D eigenvalue weighted by atomic mass is 16.7. The van der Waals surface area contributed by atoms with E-state index in [-0.39, 0.29) is 23.4 Å². The Morgan fingerprint density at radius 1 is 1.15 bits per heavy atom. The Kier molecular flexibility index (Phi) is 9.12. The first-order chi connectivity index (χ1) is 16.1. The molecule has 2 fully saturated rings. The molecular formula is C26H42O8. The molecule has 2 aliphatic carbocycles. The maximum atomic E-state index is 12.0. The zero-order valence-electron chi connectivity index (χ0n) is 20.7. The van der Waals surface area contributed by atoms with Crippen LogP contribution in [0.4, 0.5) is 0 Å². The lowest BCUT2D eigenvalue weighted by molar-refractivity contribution is -0.308. The molecule has 1 aliphatic heterocycles. The molecule has 34 heavy (non-hydrogen) atoms. The smallest absolute Gasteiger partial charge is 0.186 e. The van der Waals surface area contributed by atoms with Crippen molar-refractivity contribution < 1.29 is 39.8 Å². The van der Waals surface area contributed by atoms with E-state index in [1.807, 2.05) is 13.0 Å². The molecule has 8 unspecified atom stereocenters. The van der Waals surface area contributed by atoms with Crippen molar-refractivity contribution in [3.63, 3.8) is 0 Å². The Balaban J connectivity index is 1.78. The molecule has 5 N–H and O–H groups in total. The minimum absolute atomic E-state index is 0.0126. The van der Waals surface area contributed by atoms with Gasteiger partial charge in [-0.05, 0) is 67.8 Å². The van der Waals surface area contributed by atoms with Crippen LogP contribution in [0.2, 0.25) is 0 Å². The maximum Gasteiger partial charge on any atom is 0.186 e. The second-order valence-corrected chi connectivity index (χ2v) is 10.9. The van der Waals surface area contributed by atoms with Crippen molar-refractivity contribution in [3.05, 3.63) is 22.8 Å².